The van der Waals surface area contributed by atoms with Gasteiger partial charge < -0.3 is 0 Å². The fourth-order valence-electron chi connectivity index (χ4n) is 2.49. The standard InChI is InChI=1S/C17H12Br2Cl2N2O/c18-12-6-11(7-13(19)9-12)16-2-1-5-23(22-16)17(24)10-3-4-14(20)15(21)8-10/h3-4,6-9H,1-2,5H2. The van der Waals surface area contributed by atoms with Gasteiger partial charge in [-0.15, -0.1) is 0 Å². The molecule has 0 aromatic heterocycles. The van der Waals surface area contributed by atoms with Crippen molar-refractivity contribution in [1.82, 2.24) is 5.01 Å². The molecular formula is C17H12Br2Cl2N2O. The highest BCUT2D eigenvalue weighted by molar-refractivity contribution is 9.11. The summed E-state index contributed by atoms with van der Waals surface area (Å²) in [5.41, 5.74) is 2.35. The van der Waals surface area contributed by atoms with Gasteiger partial charge in [-0.05, 0) is 54.8 Å². The zero-order valence-corrected chi connectivity index (χ0v) is 17.1. The summed E-state index contributed by atoms with van der Waals surface area (Å²) >= 11 is 18.9. The van der Waals surface area contributed by atoms with Gasteiger partial charge in [0.1, 0.15) is 0 Å². The van der Waals surface area contributed by atoms with E-state index in [1.807, 2.05) is 18.2 Å². The van der Waals surface area contributed by atoms with Gasteiger partial charge in [0.15, 0.2) is 0 Å². The fraction of sp³-hybridized carbons (Fsp3) is 0.176. The third kappa shape index (κ3) is 4.02. The first-order valence-corrected chi connectivity index (χ1v) is 9.59. The Morgan fingerprint density at radius 3 is 2.42 bits per heavy atom. The Kier molecular flexibility index (Phi) is 5.65. The van der Waals surface area contributed by atoms with Crippen molar-refractivity contribution in [1.29, 1.82) is 0 Å². The first kappa shape index (κ1) is 17.9. The summed E-state index contributed by atoms with van der Waals surface area (Å²) in [5.74, 6) is -0.181. The van der Waals surface area contributed by atoms with Crippen molar-refractivity contribution in [3.63, 3.8) is 0 Å². The van der Waals surface area contributed by atoms with Crippen LogP contribution < -0.4 is 0 Å². The molecule has 0 N–H and O–H groups in total. The Labute approximate surface area is 166 Å². The van der Waals surface area contributed by atoms with Crippen LogP contribution in [0.25, 0.3) is 0 Å². The van der Waals surface area contributed by atoms with E-state index in [-0.39, 0.29) is 5.91 Å². The SMILES string of the molecule is O=C(c1ccc(Cl)c(Cl)c1)N1CCCC(c2cc(Br)cc(Br)c2)=N1. The van der Waals surface area contributed by atoms with E-state index in [4.69, 9.17) is 23.2 Å². The van der Waals surface area contributed by atoms with Crippen LogP contribution in [0.4, 0.5) is 0 Å². The Balaban J connectivity index is 1.91. The summed E-state index contributed by atoms with van der Waals surface area (Å²) in [4.78, 5) is 12.7. The summed E-state index contributed by atoms with van der Waals surface area (Å²) in [5, 5.41) is 6.83. The molecule has 1 aliphatic heterocycles. The number of hydrogen-bond acceptors (Lipinski definition) is 2. The van der Waals surface area contributed by atoms with Crippen molar-refractivity contribution in [2.75, 3.05) is 6.54 Å². The zero-order valence-electron chi connectivity index (χ0n) is 12.4. The molecule has 0 unspecified atom stereocenters. The van der Waals surface area contributed by atoms with Crippen LogP contribution in [-0.4, -0.2) is 23.2 Å². The van der Waals surface area contributed by atoms with Crippen LogP contribution >= 0.6 is 55.1 Å². The minimum absolute atomic E-state index is 0.181. The van der Waals surface area contributed by atoms with Crippen LogP contribution in [0.2, 0.25) is 10.0 Å². The van der Waals surface area contributed by atoms with Gasteiger partial charge in [-0.2, -0.15) is 5.10 Å². The second-order valence-corrected chi connectivity index (χ2v) is 8.01. The molecule has 1 aliphatic rings. The van der Waals surface area contributed by atoms with E-state index >= 15 is 0 Å². The second kappa shape index (κ2) is 7.56. The Morgan fingerprint density at radius 2 is 1.75 bits per heavy atom. The number of amides is 1. The molecule has 0 radical (unpaired) electrons. The predicted molar refractivity (Wildman–Crippen MR) is 105 cm³/mol. The van der Waals surface area contributed by atoms with E-state index in [1.54, 1.807) is 18.2 Å². The number of benzene rings is 2. The Hall–Kier alpha value is -0.880. The van der Waals surface area contributed by atoms with E-state index in [0.29, 0.717) is 22.2 Å². The maximum Gasteiger partial charge on any atom is 0.274 e. The highest BCUT2D eigenvalue weighted by Gasteiger charge is 2.21. The molecule has 2 aromatic rings. The molecule has 0 saturated heterocycles. The van der Waals surface area contributed by atoms with Gasteiger partial charge in [-0.1, -0.05) is 55.1 Å². The minimum atomic E-state index is -0.181. The molecule has 124 valence electrons. The maximum absolute atomic E-state index is 12.7. The molecule has 1 amide bonds. The van der Waals surface area contributed by atoms with Crippen LogP contribution in [-0.2, 0) is 0 Å². The fourth-order valence-corrected chi connectivity index (χ4v) is 4.08. The van der Waals surface area contributed by atoms with Crippen LogP contribution in [0.1, 0.15) is 28.8 Å². The maximum atomic E-state index is 12.7. The third-order valence-corrected chi connectivity index (χ3v) is 5.28. The Morgan fingerprint density at radius 1 is 1.04 bits per heavy atom. The number of halogens is 4. The molecule has 0 bridgehead atoms. The van der Waals surface area contributed by atoms with Crippen LogP contribution in [0, 0.1) is 0 Å². The van der Waals surface area contributed by atoms with Crippen LogP contribution in [0.5, 0.6) is 0 Å². The molecule has 24 heavy (non-hydrogen) atoms. The second-order valence-electron chi connectivity index (χ2n) is 5.37. The lowest BCUT2D eigenvalue weighted by molar-refractivity contribution is 0.0751. The molecule has 3 nitrogen and oxygen atoms in total. The van der Waals surface area contributed by atoms with E-state index in [9.17, 15) is 4.79 Å². The van der Waals surface area contributed by atoms with E-state index in [1.165, 1.54) is 5.01 Å². The summed E-state index contributed by atoms with van der Waals surface area (Å²) in [6, 6.07) is 10.8. The van der Waals surface area contributed by atoms with Gasteiger partial charge in [0.25, 0.3) is 5.91 Å². The van der Waals surface area contributed by atoms with Crippen LogP contribution in [0.15, 0.2) is 50.4 Å². The van der Waals surface area contributed by atoms with Crippen molar-refractivity contribution in [3.8, 4) is 0 Å². The van der Waals surface area contributed by atoms with E-state index in [0.717, 1.165) is 33.1 Å². The molecule has 0 atom stereocenters. The first-order valence-electron chi connectivity index (χ1n) is 7.25. The van der Waals surface area contributed by atoms with Crippen molar-refractivity contribution in [2.45, 2.75) is 12.8 Å². The molecule has 0 spiro atoms. The number of hydrogen-bond donors (Lipinski definition) is 0. The molecule has 1 heterocycles. The van der Waals surface area contributed by atoms with Gasteiger partial charge in [-0.25, -0.2) is 5.01 Å². The van der Waals surface area contributed by atoms with Crippen molar-refractivity contribution < 1.29 is 4.79 Å². The molecule has 3 rings (SSSR count). The smallest absolute Gasteiger partial charge is 0.267 e. The number of rotatable bonds is 2. The summed E-state index contributed by atoms with van der Waals surface area (Å²) < 4.78 is 1.92. The van der Waals surface area contributed by atoms with Crippen molar-refractivity contribution in [3.05, 3.63) is 66.5 Å². The highest BCUT2D eigenvalue weighted by atomic mass is 79.9. The van der Waals surface area contributed by atoms with Gasteiger partial charge in [-0.3, -0.25) is 4.79 Å². The number of hydrazone groups is 1. The molecule has 7 heteroatoms. The van der Waals surface area contributed by atoms with Crippen LogP contribution in [0.3, 0.4) is 0 Å². The number of carbonyl (C=O) groups excluding carboxylic acids is 1. The molecule has 0 saturated carbocycles. The lowest BCUT2D eigenvalue weighted by atomic mass is 10.0. The van der Waals surface area contributed by atoms with Crippen molar-refractivity contribution >= 4 is 66.7 Å². The normalized spacial score (nSPS) is 14.5. The lowest BCUT2D eigenvalue weighted by Crippen LogP contribution is -2.32. The lowest BCUT2D eigenvalue weighted by Gasteiger charge is -2.24. The topological polar surface area (TPSA) is 32.7 Å². The average molecular weight is 491 g/mol. The van der Waals surface area contributed by atoms with Gasteiger partial charge in [0.2, 0.25) is 0 Å². The summed E-state index contributed by atoms with van der Waals surface area (Å²) in [6.07, 6.45) is 1.68. The monoisotopic (exact) mass is 488 g/mol. The summed E-state index contributed by atoms with van der Waals surface area (Å²) in [7, 11) is 0. The third-order valence-electron chi connectivity index (χ3n) is 3.62. The average Bonchev–Trinajstić information content (AvgIpc) is 2.56. The van der Waals surface area contributed by atoms with Gasteiger partial charge in [0, 0.05) is 21.1 Å². The molecular weight excluding hydrogens is 479 g/mol. The van der Waals surface area contributed by atoms with Gasteiger partial charge in [0.05, 0.1) is 15.8 Å². The minimum Gasteiger partial charge on any atom is -0.267 e. The number of nitrogens with zero attached hydrogens (tertiary/aromatic N) is 2. The highest BCUT2D eigenvalue weighted by Crippen LogP contribution is 2.26. The van der Waals surface area contributed by atoms with E-state index < -0.39 is 0 Å². The predicted octanol–water partition coefficient (Wildman–Crippen LogP) is 6.16. The zero-order chi connectivity index (χ0) is 17.3. The molecule has 0 fully saturated rings. The summed E-state index contributed by atoms with van der Waals surface area (Å²) in [6.45, 7) is 0.581. The molecule has 2 aromatic carbocycles. The first-order chi connectivity index (χ1) is 11.4. The van der Waals surface area contributed by atoms with Crippen molar-refractivity contribution in [2.24, 2.45) is 5.10 Å². The molecule has 0 aliphatic carbocycles. The quantitative estimate of drug-likeness (QED) is 0.496. The van der Waals surface area contributed by atoms with E-state index in [2.05, 4.69) is 37.0 Å². The van der Waals surface area contributed by atoms with Gasteiger partial charge >= 0.3 is 0 Å². The number of carbonyl (C=O) groups is 1. The largest absolute Gasteiger partial charge is 0.274 e. The Bertz CT molecular complexity index is 819.